The zero-order chi connectivity index (χ0) is 40.0. The Morgan fingerprint density at radius 3 is 2.45 bits per heavy atom. The lowest BCUT2D eigenvalue weighted by molar-refractivity contribution is -0.159. The van der Waals surface area contributed by atoms with Crippen molar-refractivity contribution in [1.29, 1.82) is 0 Å². The highest BCUT2D eigenvalue weighted by atomic mass is 32.2. The van der Waals surface area contributed by atoms with E-state index in [9.17, 15) is 32.4 Å². The van der Waals surface area contributed by atoms with E-state index in [1.807, 2.05) is 49.4 Å². The van der Waals surface area contributed by atoms with E-state index in [1.165, 1.54) is 4.90 Å². The van der Waals surface area contributed by atoms with Gasteiger partial charge in [-0.2, -0.15) is 0 Å². The van der Waals surface area contributed by atoms with E-state index in [0.29, 0.717) is 37.8 Å². The number of carbonyl (C=O) groups excluding carboxylic acids is 5. The lowest BCUT2D eigenvalue weighted by atomic mass is 9.92. The molecule has 2 N–H and O–H groups in total. The first-order valence-corrected chi connectivity index (χ1v) is 21.5. The summed E-state index contributed by atoms with van der Waals surface area (Å²) < 4.78 is 33.7. The van der Waals surface area contributed by atoms with Gasteiger partial charge in [0, 0.05) is 48.9 Å². The molecular weight excluding hydrogens is 735 g/mol. The van der Waals surface area contributed by atoms with Gasteiger partial charge in [-0.05, 0) is 78.4 Å². The minimum Gasteiger partial charge on any atom is -0.460 e. The maximum atomic E-state index is 14.7. The summed E-state index contributed by atoms with van der Waals surface area (Å²) in [6, 6.07) is 12.1. The number of ether oxygens (including phenoxy) is 1. The highest BCUT2D eigenvalue weighted by molar-refractivity contribution is 7.91. The smallest absolute Gasteiger partial charge is 0.307 e. The molecule has 5 aliphatic rings. The number of nitrogens with zero attached hydrogens (tertiary/aromatic N) is 3. The number of amides is 4. The Hall–Kier alpha value is -4.59. The summed E-state index contributed by atoms with van der Waals surface area (Å²) >= 11 is 0. The molecule has 7 rings (SSSR count). The van der Waals surface area contributed by atoms with Gasteiger partial charge < -0.3 is 19.9 Å². The molecule has 56 heavy (non-hydrogen) atoms. The number of allylic oxidation sites excluding steroid dienone is 1. The van der Waals surface area contributed by atoms with Crippen LogP contribution in [0, 0.1) is 30.6 Å². The number of aryl methyl sites for hydroxylation is 1. The Kier molecular flexibility index (Phi) is 10.9. The average Bonchev–Trinajstić information content (AvgIpc) is 4.04. The fourth-order valence-corrected chi connectivity index (χ4v) is 9.92. The highest BCUT2D eigenvalue weighted by Crippen LogP contribution is 2.47. The molecule has 300 valence electrons. The van der Waals surface area contributed by atoms with Crippen LogP contribution >= 0.6 is 0 Å². The van der Waals surface area contributed by atoms with Crippen LogP contribution in [0.3, 0.4) is 0 Å². The molecule has 3 aliphatic heterocycles. The number of likely N-dealkylation sites (tertiary alicyclic amines) is 1. The van der Waals surface area contributed by atoms with Crippen molar-refractivity contribution >= 4 is 39.6 Å². The van der Waals surface area contributed by atoms with Crippen molar-refractivity contribution in [2.75, 3.05) is 19.6 Å². The number of rotatable bonds is 7. The summed E-state index contributed by atoms with van der Waals surface area (Å²) in [4.78, 5) is 78.2. The zero-order valence-electron chi connectivity index (χ0n) is 32.7. The summed E-state index contributed by atoms with van der Waals surface area (Å²) in [5.41, 5.74) is 0.653. The van der Waals surface area contributed by atoms with Crippen LogP contribution in [0.4, 0.5) is 0 Å². The number of nitrogens with one attached hydrogen (secondary N) is 2. The van der Waals surface area contributed by atoms with Gasteiger partial charge in [-0.25, -0.2) is 13.4 Å². The molecule has 4 amide bonds. The van der Waals surface area contributed by atoms with E-state index in [4.69, 9.17) is 4.74 Å². The van der Waals surface area contributed by atoms with Crippen molar-refractivity contribution in [1.82, 2.24) is 24.8 Å². The number of esters is 1. The Morgan fingerprint density at radius 1 is 0.982 bits per heavy atom. The van der Waals surface area contributed by atoms with Gasteiger partial charge in [0.05, 0.1) is 17.4 Å². The summed E-state index contributed by atoms with van der Waals surface area (Å²) in [5.74, 6) is -4.41. The third kappa shape index (κ3) is 8.54. The van der Waals surface area contributed by atoms with Crippen LogP contribution < -0.4 is 10.0 Å². The minimum absolute atomic E-state index is 0.142. The summed E-state index contributed by atoms with van der Waals surface area (Å²) in [7, 11) is -3.90. The lowest BCUT2D eigenvalue weighted by Crippen LogP contribution is -2.58. The first-order valence-electron chi connectivity index (χ1n) is 19.9. The number of hydrogen-bond donors (Lipinski definition) is 2. The molecule has 4 heterocycles. The van der Waals surface area contributed by atoms with Crippen LogP contribution in [0.2, 0.25) is 0 Å². The quantitative estimate of drug-likeness (QED) is 0.307. The van der Waals surface area contributed by atoms with E-state index >= 15 is 0 Å². The van der Waals surface area contributed by atoms with Crippen LogP contribution in [-0.4, -0.2) is 94.9 Å². The molecule has 4 fully saturated rings. The Balaban J connectivity index is 1.18. The van der Waals surface area contributed by atoms with Gasteiger partial charge in [0.1, 0.15) is 22.9 Å². The molecule has 14 heteroatoms. The van der Waals surface area contributed by atoms with Crippen molar-refractivity contribution in [2.24, 2.45) is 23.7 Å². The fourth-order valence-electron chi connectivity index (χ4n) is 8.55. The molecule has 0 unspecified atom stereocenters. The van der Waals surface area contributed by atoms with Crippen LogP contribution in [0.15, 0.2) is 54.6 Å². The number of fused-ring (bicyclic) bond motifs is 4. The van der Waals surface area contributed by atoms with Crippen LogP contribution in [0.5, 0.6) is 0 Å². The number of pyridine rings is 1. The largest absolute Gasteiger partial charge is 0.460 e. The molecule has 0 spiro atoms. The van der Waals surface area contributed by atoms with E-state index in [2.05, 4.69) is 15.0 Å². The third-order valence-corrected chi connectivity index (χ3v) is 13.6. The topological polar surface area (TPSA) is 172 Å². The van der Waals surface area contributed by atoms with Crippen molar-refractivity contribution in [3.8, 4) is 11.3 Å². The van der Waals surface area contributed by atoms with Crippen molar-refractivity contribution in [2.45, 2.75) is 108 Å². The van der Waals surface area contributed by atoms with Crippen molar-refractivity contribution in [3.63, 3.8) is 0 Å². The molecule has 0 radical (unpaired) electrons. The molecular formula is C42H53N5O8S. The molecule has 1 aromatic carbocycles. The number of hydrogen-bond acceptors (Lipinski definition) is 9. The van der Waals surface area contributed by atoms with Gasteiger partial charge in [-0.1, -0.05) is 60.9 Å². The van der Waals surface area contributed by atoms with E-state index < -0.39 is 68.0 Å². The Labute approximate surface area is 329 Å². The molecule has 2 saturated heterocycles. The molecule has 2 aromatic rings. The zero-order valence-corrected chi connectivity index (χ0v) is 33.5. The van der Waals surface area contributed by atoms with Gasteiger partial charge >= 0.3 is 5.97 Å². The predicted molar refractivity (Wildman–Crippen MR) is 208 cm³/mol. The SMILES string of the molecule is Cc1ccc(-c2cccc(C(=O)N3C[C@H]4CN5C(=O)[C@H](CC(=O)OC(C)(C)C)CCCCC/C=C\[C@@H]6C[C@@]6(C(=O)NS(=O)(=O)C6CC6)NC(=O)[C@@H]5[C@H]4C3)n2)cc1. The van der Waals surface area contributed by atoms with Gasteiger partial charge in [0.2, 0.25) is 21.8 Å². The Bertz CT molecular complexity index is 2020. The molecule has 6 atom stereocenters. The van der Waals surface area contributed by atoms with Gasteiger partial charge in [0.25, 0.3) is 11.8 Å². The normalized spacial score (nSPS) is 28.8. The van der Waals surface area contributed by atoms with E-state index in [-0.39, 0.29) is 55.9 Å². The third-order valence-electron chi connectivity index (χ3n) is 11.8. The number of carbonyl (C=O) groups is 5. The molecule has 0 bridgehead atoms. The second-order valence-corrected chi connectivity index (χ2v) is 19.3. The first-order chi connectivity index (χ1) is 26.5. The van der Waals surface area contributed by atoms with Crippen LogP contribution in [0.1, 0.15) is 94.6 Å². The maximum absolute atomic E-state index is 14.7. The lowest BCUT2D eigenvalue weighted by Gasteiger charge is -2.33. The molecule has 1 aromatic heterocycles. The first kappa shape index (κ1) is 39.6. The van der Waals surface area contributed by atoms with E-state index in [1.54, 1.807) is 37.8 Å². The second kappa shape index (κ2) is 15.4. The Morgan fingerprint density at radius 2 is 1.73 bits per heavy atom. The van der Waals surface area contributed by atoms with Crippen molar-refractivity contribution in [3.05, 3.63) is 65.9 Å². The summed E-state index contributed by atoms with van der Waals surface area (Å²) in [6.07, 6.45) is 8.31. The summed E-state index contributed by atoms with van der Waals surface area (Å²) in [6.45, 7) is 7.93. The highest BCUT2D eigenvalue weighted by Gasteiger charge is 2.63. The fraction of sp³-hybridized carbons (Fsp3) is 0.571. The van der Waals surface area contributed by atoms with Gasteiger partial charge in [-0.3, -0.25) is 28.7 Å². The van der Waals surface area contributed by atoms with Crippen molar-refractivity contribution < 1.29 is 37.1 Å². The molecule has 2 aliphatic carbocycles. The monoisotopic (exact) mass is 787 g/mol. The molecule has 13 nitrogen and oxygen atoms in total. The maximum Gasteiger partial charge on any atom is 0.307 e. The van der Waals surface area contributed by atoms with Gasteiger partial charge in [0.15, 0.2) is 0 Å². The predicted octanol–water partition coefficient (Wildman–Crippen LogP) is 4.31. The summed E-state index contributed by atoms with van der Waals surface area (Å²) in [5, 5.41) is 2.32. The molecule has 2 saturated carbocycles. The number of aromatic nitrogens is 1. The standard InChI is InChI=1S/C42H53N5O8S/c1-26-15-17-27(18-16-26)33-13-10-14-34(43-33)39(51)46-23-29-24-47-36(32(29)25-46)37(49)44-42(40(52)45-56(53,54)31-19-20-31)22-30(42)12-9-7-5-6-8-11-28(38(47)50)21-35(48)55-41(2,3)4/h9-10,12-18,28-32,36H,5-8,11,19-25H2,1-4H3,(H,44,49)(H,45,52)/b12-9-/t28-,29-,30+,32-,36-,42+/m0/s1. The number of sulfonamides is 1. The van der Waals surface area contributed by atoms with Crippen LogP contribution in [0.25, 0.3) is 11.3 Å². The van der Waals surface area contributed by atoms with Crippen LogP contribution in [-0.2, 0) is 33.9 Å². The second-order valence-electron chi connectivity index (χ2n) is 17.3. The average molecular weight is 788 g/mol. The van der Waals surface area contributed by atoms with Gasteiger partial charge in [-0.15, -0.1) is 0 Å². The van der Waals surface area contributed by atoms with E-state index in [0.717, 1.165) is 24.0 Å². The number of benzene rings is 1. The minimum atomic E-state index is -3.90.